The van der Waals surface area contributed by atoms with Gasteiger partial charge in [0.25, 0.3) is 11.6 Å². The van der Waals surface area contributed by atoms with Gasteiger partial charge in [-0.2, -0.15) is 0 Å². The summed E-state index contributed by atoms with van der Waals surface area (Å²) in [4.78, 5) is 29.7. The van der Waals surface area contributed by atoms with Crippen LogP contribution in [0, 0.1) is 10.1 Å². The zero-order chi connectivity index (χ0) is 25.1. The second-order valence-corrected chi connectivity index (χ2v) is 10.4. The number of carbonyl (C=O) groups excluding carboxylic acids is 1. The average molecular weight is 564 g/mol. The quantitative estimate of drug-likeness (QED) is 0.145. The van der Waals surface area contributed by atoms with E-state index in [4.69, 9.17) is 4.42 Å². The number of halogens is 1. The third-order valence-corrected chi connectivity index (χ3v) is 7.90. The summed E-state index contributed by atoms with van der Waals surface area (Å²) in [6.07, 6.45) is 5.65. The summed E-state index contributed by atoms with van der Waals surface area (Å²) in [6, 6.07) is 17.9. The summed E-state index contributed by atoms with van der Waals surface area (Å²) in [5.41, 5.74) is 3.51. The molecule has 182 valence electrons. The summed E-state index contributed by atoms with van der Waals surface area (Å²) in [7, 11) is 0. The van der Waals surface area contributed by atoms with Gasteiger partial charge in [-0.1, -0.05) is 30.3 Å². The SMILES string of the molecule is O=C(NCc1ccccc1)c1c(N=Cc2ccc(-c3ccc([N+](=O)[O-])cc3Br)o2)sc2c1CCCC2. The molecule has 36 heavy (non-hydrogen) atoms. The molecule has 7 nitrogen and oxygen atoms in total. The minimum Gasteiger partial charge on any atom is -0.455 e. The number of aliphatic imine (C=N–C) groups is 1. The first-order valence-corrected chi connectivity index (χ1v) is 13.2. The molecule has 0 aliphatic heterocycles. The molecule has 2 aromatic heterocycles. The monoisotopic (exact) mass is 563 g/mol. The lowest BCUT2D eigenvalue weighted by atomic mass is 9.95. The Bertz CT molecular complexity index is 1460. The van der Waals surface area contributed by atoms with Crippen LogP contribution in [0.5, 0.6) is 0 Å². The maximum Gasteiger partial charge on any atom is 0.270 e. The van der Waals surface area contributed by atoms with Crippen LogP contribution in [0.3, 0.4) is 0 Å². The van der Waals surface area contributed by atoms with Gasteiger partial charge in [0.1, 0.15) is 16.5 Å². The fraction of sp³-hybridized carbons (Fsp3) is 0.185. The predicted molar refractivity (Wildman–Crippen MR) is 144 cm³/mol. The lowest BCUT2D eigenvalue weighted by molar-refractivity contribution is -0.384. The molecular formula is C27H22BrN3O4S. The number of carbonyl (C=O) groups is 1. The maximum absolute atomic E-state index is 13.2. The van der Waals surface area contributed by atoms with Crippen LogP contribution in [0.25, 0.3) is 11.3 Å². The number of non-ortho nitro benzene ring substituents is 1. The molecule has 4 aromatic rings. The molecule has 1 aliphatic carbocycles. The Morgan fingerprint density at radius 2 is 1.94 bits per heavy atom. The zero-order valence-electron chi connectivity index (χ0n) is 19.2. The second kappa shape index (κ2) is 10.6. The van der Waals surface area contributed by atoms with Crippen LogP contribution in [0.15, 0.2) is 74.5 Å². The molecule has 9 heteroatoms. The number of furan rings is 1. The first-order valence-electron chi connectivity index (χ1n) is 11.5. The molecule has 0 unspecified atom stereocenters. The zero-order valence-corrected chi connectivity index (χ0v) is 21.6. The first kappa shape index (κ1) is 24.1. The standard InChI is InChI=1S/C27H22BrN3O4S/c28-22-14-18(31(33)34)10-12-20(22)23-13-11-19(35-23)16-30-27-25(21-8-4-5-9-24(21)36-27)26(32)29-15-17-6-2-1-3-7-17/h1-3,6-7,10-14,16H,4-5,8-9,15H2,(H,29,32). The van der Waals surface area contributed by atoms with Gasteiger partial charge in [0.05, 0.1) is 16.7 Å². The molecule has 2 aromatic carbocycles. The molecule has 5 rings (SSSR count). The minimum atomic E-state index is -0.441. The number of thiophene rings is 1. The number of benzene rings is 2. The van der Waals surface area contributed by atoms with Gasteiger partial charge in [-0.15, -0.1) is 11.3 Å². The molecule has 2 heterocycles. The normalized spacial score (nSPS) is 13.0. The van der Waals surface area contributed by atoms with Gasteiger partial charge in [0.15, 0.2) is 0 Å². The highest BCUT2D eigenvalue weighted by atomic mass is 79.9. The fourth-order valence-corrected chi connectivity index (χ4v) is 6.04. The molecule has 1 N–H and O–H groups in total. The highest BCUT2D eigenvalue weighted by Gasteiger charge is 2.25. The summed E-state index contributed by atoms with van der Waals surface area (Å²) in [5, 5.41) is 14.7. The third kappa shape index (κ3) is 5.17. The van der Waals surface area contributed by atoms with Crippen LogP contribution < -0.4 is 5.32 Å². The second-order valence-electron chi connectivity index (χ2n) is 8.44. The Hall–Kier alpha value is -3.56. The lowest BCUT2D eigenvalue weighted by Gasteiger charge is -2.12. The minimum absolute atomic E-state index is 0.00120. The van der Waals surface area contributed by atoms with Crippen molar-refractivity contribution in [3.8, 4) is 11.3 Å². The number of nitro groups is 1. The van der Waals surface area contributed by atoms with Gasteiger partial charge in [-0.3, -0.25) is 14.9 Å². The summed E-state index contributed by atoms with van der Waals surface area (Å²) < 4.78 is 6.50. The van der Waals surface area contributed by atoms with E-state index in [0.717, 1.165) is 36.8 Å². The van der Waals surface area contributed by atoms with Gasteiger partial charge < -0.3 is 9.73 Å². The van der Waals surface area contributed by atoms with Crippen LogP contribution in [-0.4, -0.2) is 17.0 Å². The number of hydrogen-bond donors (Lipinski definition) is 1. The molecule has 1 amide bonds. The Kier molecular flexibility index (Phi) is 7.11. The number of fused-ring (bicyclic) bond motifs is 1. The van der Waals surface area contributed by atoms with Gasteiger partial charge in [0.2, 0.25) is 0 Å². The van der Waals surface area contributed by atoms with Crippen LogP contribution in [0.4, 0.5) is 10.7 Å². The average Bonchev–Trinajstić information content (AvgIpc) is 3.51. The van der Waals surface area contributed by atoms with Gasteiger partial charge in [-0.25, -0.2) is 4.99 Å². The van der Waals surface area contributed by atoms with E-state index < -0.39 is 4.92 Å². The van der Waals surface area contributed by atoms with Crippen molar-refractivity contribution in [2.45, 2.75) is 32.2 Å². The number of nitrogens with one attached hydrogen (secondary N) is 1. The summed E-state index contributed by atoms with van der Waals surface area (Å²) in [5.74, 6) is 0.974. The van der Waals surface area contributed by atoms with Crippen LogP contribution in [0.1, 0.15) is 45.0 Å². The van der Waals surface area contributed by atoms with E-state index in [2.05, 4.69) is 26.2 Å². The third-order valence-electron chi connectivity index (χ3n) is 6.04. The van der Waals surface area contributed by atoms with E-state index in [1.165, 1.54) is 17.0 Å². The number of amides is 1. The predicted octanol–water partition coefficient (Wildman–Crippen LogP) is 7.24. The molecule has 0 fully saturated rings. The smallest absolute Gasteiger partial charge is 0.270 e. The van der Waals surface area contributed by atoms with Crippen molar-refractivity contribution in [2.75, 3.05) is 0 Å². The van der Waals surface area contributed by atoms with Crippen molar-refractivity contribution in [3.05, 3.63) is 103 Å². The summed E-state index contributed by atoms with van der Waals surface area (Å²) in [6.45, 7) is 0.457. The first-order chi connectivity index (χ1) is 17.5. The lowest BCUT2D eigenvalue weighted by Crippen LogP contribution is -2.24. The molecule has 1 aliphatic rings. The van der Waals surface area contributed by atoms with E-state index in [0.29, 0.717) is 38.7 Å². The number of nitrogens with zero attached hydrogens (tertiary/aromatic N) is 2. The van der Waals surface area contributed by atoms with Crippen LogP contribution in [0.2, 0.25) is 0 Å². The molecule has 0 radical (unpaired) electrons. The highest BCUT2D eigenvalue weighted by molar-refractivity contribution is 9.10. The maximum atomic E-state index is 13.2. The number of aryl methyl sites for hydroxylation is 1. The van der Waals surface area contributed by atoms with E-state index in [-0.39, 0.29) is 11.6 Å². The van der Waals surface area contributed by atoms with E-state index in [1.54, 1.807) is 35.8 Å². The summed E-state index contributed by atoms with van der Waals surface area (Å²) >= 11 is 4.96. The largest absolute Gasteiger partial charge is 0.455 e. The van der Waals surface area contributed by atoms with Crippen molar-refractivity contribution < 1.29 is 14.1 Å². The molecule has 0 saturated heterocycles. The number of hydrogen-bond acceptors (Lipinski definition) is 6. The van der Waals surface area contributed by atoms with E-state index in [9.17, 15) is 14.9 Å². The molecule has 0 bridgehead atoms. The van der Waals surface area contributed by atoms with Crippen molar-refractivity contribution in [2.24, 2.45) is 4.99 Å². The van der Waals surface area contributed by atoms with E-state index >= 15 is 0 Å². The Morgan fingerprint density at radius 3 is 2.72 bits per heavy atom. The van der Waals surface area contributed by atoms with Crippen molar-refractivity contribution in [1.29, 1.82) is 0 Å². The fourth-order valence-electron chi connectivity index (χ4n) is 4.25. The molecular weight excluding hydrogens is 542 g/mol. The van der Waals surface area contributed by atoms with Crippen molar-refractivity contribution >= 4 is 50.1 Å². The Labute approximate surface area is 220 Å². The Balaban J connectivity index is 1.39. The van der Waals surface area contributed by atoms with Crippen LogP contribution in [-0.2, 0) is 19.4 Å². The van der Waals surface area contributed by atoms with Crippen molar-refractivity contribution in [1.82, 2.24) is 5.32 Å². The number of rotatable bonds is 7. The van der Waals surface area contributed by atoms with Crippen LogP contribution >= 0.6 is 27.3 Å². The van der Waals surface area contributed by atoms with Gasteiger partial charge in [-0.05, 0) is 70.9 Å². The Morgan fingerprint density at radius 1 is 1.14 bits per heavy atom. The molecule has 0 saturated carbocycles. The molecule has 0 spiro atoms. The van der Waals surface area contributed by atoms with Gasteiger partial charge >= 0.3 is 0 Å². The van der Waals surface area contributed by atoms with Gasteiger partial charge in [0, 0.05) is 33.6 Å². The number of nitro benzene ring substituents is 1. The van der Waals surface area contributed by atoms with Crippen molar-refractivity contribution in [3.63, 3.8) is 0 Å². The van der Waals surface area contributed by atoms with E-state index in [1.807, 2.05) is 30.3 Å². The topological polar surface area (TPSA) is 97.7 Å². The molecule has 0 atom stereocenters. The highest BCUT2D eigenvalue weighted by Crippen LogP contribution is 2.40.